The SMILES string of the molecule is CN=C(NCCc1ccc(Cl)cc1)NCc1ccc(C(N)=O)o1. The van der Waals surface area contributed by atoms with Crippen LogP contribution in [0.5, 0.6) is 0 Å². The van der Waals surface area contributed by atoms with Crippen molar-refractivity contribution in [2.24, 2.45) is 10.7 Å². The van der Waals surface area contributed by atoms with Gasteiger partial charge in [-0.3, -0.25) is 9.79 Å². The number of benzene rings is 1. The summed E-state index contributed by atoms with van der Waals surface area (Å²) < 4.78 is 5.29. The van der Waals surface area contributed by atoms with E-state index in [1.807, 2.05) is 24.3 Å². The fraction of sp³-hybridized carbons (Fsp3) is 0.250. The number of primary amides is 1. The average Bonchev–Trinajstić information content (AvgIpc) is 3.01. The zero-order valence-corrected chi connectivity index (χ0v) is 13.6. The van der Waals surface area contributed by atoms with Crippen LogP contribution in [0.2, 0.25) is 5.02 Å². The molecule has 4 N–H and O–H groups in total. The van der Waals surface area contributed by atoms with Crippen molar-refractivity contribution < 1.29 is 9.21 Å². The molecule has 2 aromatic rings. The van der Waals surface area contributed by atoms with Crippen LogP contribution in [0.25, 0.3) is 0 Å². The highest BCUT2D eigenvalue weighted by Crippen LogP contribution is 2.09. The van der Waals surface area contributed by atoms with E-state index in [1.165, 1.54) is 5.56 Å². The molecule has 23 heavy (non-hydrogen) atoms. The largest absolute Gasteiger partial charge is 0.454 e. The first kappa shape index (κ1) is 16.9. The van der Waals surface area contributed by atoms with Crippen LogP contribution in [-0.4, -0.2) is 25.5 Å². The molecule has 6 nitrogen and oxygen atoms in total. The lowest BCUT2D eigenvalue weighted by Gasteiger charge is -2.11. The van der Waals surface area contributed by atoms with E-state index in [4.69, 9.17) is 21.8 Å². The van der Waals surface area contributed by atoms with Crippen molar-refractivity contribution in [2.45, 2.75) is 13.0 Å². The number of aliphatic imine (C=N–C) groups is 1. The molecule has 7 heteroatoms. The first-order valence-corrected chi connectivity index (χ1v) is 7.54. The topological polar surface area (TPSA) is 92.6 Å². The molecule has 2 rings (SSSR count). The predicted molar refractivity (Wildman–Crippen MR) is 90.6 cm³/mol. The van der Waals surface area contributed by atoms with Crippen LogP contribution in [0.4, 0.5) is 0 Å². The summed E-state index contributed by atoms with van der Waals surface area (Å²) in [5, 5.41) is 7.04. The molecule has 0 radical (unpaired) electrons. The van der Waals surface area contributed by atoms with Crippen LogP contribution < -0.4 is 16.4 Å². The van der Waals surface area contributed by atoms with Crippen LogP contribution in [0.15, 0.2) is 45.8 Å². The van der Waals surface area contributed by atoms with Crippen molar-refractivity contribution in [2.75, 3.05) is 13.6 Å². The molecule has 0 aliphatic heterocycles. The molecular weight excluding hydrogens is 316 g/mol. The second-order valence-corrected chi connectivity index (χ2v) is 5.30. The van der Waals surface area contributed by atoms with E-state index in [1.54, 1.807) is 19.2 Å². The molecule has 0 atom stereocenters. The third-order valence-corrected chi connectivity index (χ3v) is 3.43. The first-order valence-electron chi connectivity index (χ1n) is 7.16. The van der Waals surface area contributed by atoms with E-state index in [0.717, 1.165) is 18.0 Å². The Morgan fingerprint density at radius 1 is 1.22 bits per heavy atom. The summed E-state index contributed by atoms with van der Waals surface area (Å²) in [5.41, 5.74) is 6.33. The summed E-state index contributed by atoms with van der Waals surface area (Å²) in [5.74, 6) is 0.824. The number of guanidine groups is 1. The van der Waals surface area contributed by atoms with Gasteiger partial charge < -0.3 is 20.8 Å². The minimum Gasteiger partial charge on any atom is -0.454 e. The molecule has 1 amide bonds. The number of nitrogens with two attached hydrogens (primary N) is 1. The van der Waals surface area contributed by atoms with Crippen molar-refractivity contribution >= 4 is 23.5 Å². The van der Waals surface area contributed by atoms with Crippen LogP contribution >= 0.6 is 11.6 Å². The number of halogens is 1. The maximum Gasteiger partial charge on any atom is 0.284 e. The van der Waals surface area contributed by atoms with Crippen LogP contribution in [0.3, 0.4) is 0 Å². The molecule has 0 unspecified atom stereocenters. The summed E-state index contributed by atoms with van der Waals surface area (Å²) in [6.45, 7) is 1.14. The van der Waals surface area contributed by atoms with Gasteiger partial charge in [0, 0.05) is 18.6 Å². The standard InChI is InChI=1S/C16H19ClN4O2/c1-19-16(20-9-8-11-2-4-12(17)5-3-11)21-10-13-6-7-14(23-13)15(18)22/h2-7H,8-10H2,1H3,(H2,18,22)(H2,19,20,21). The minimum absolute atomic E-state index is 0.146. The smallest absolute Gasteiger partial charge is 0.284 e. The Morgan fingerprint density at radius 3 is 2.57 bits per heavy atom. The van der Waals surface area contributed by atoms with E-state index in [-0.39, 0.29) is 5.76 Å². The first-order chi connectivity index (χ1) is 11.1. The Morgan fingerprint density at radius 2 is 1.96 bits per heavy atom. The number of amides is 1. The fourth-order valence-corrected chi connectivity index (χ4v) is 2.10. The zero-order valence-electron chi connectivity index (χ0n) is 12.8. The Hall–Kier alpha value is -2.47. The maximum atomic E-state index is 11.0. The number of hydrogen-bond donors (Lipinski definition) is 3. The van der Waals surface area contributed by atoms with E-state index in [2.05, 4.69) is 15.6 Å². The fourth-order valence-electron chi connectivity index (χ4n) is 1.97. The highest BCUT2D eigenvalue weighted by Gasteiger charge is 2.07. The Kier molecular flexibility index (Phi) is 6.05. The quantitative estimate of drug-likeness (QED) is 0.556. The highest BCUT2D eigenvalue weighted by molar-refractivity contribution is 6.30. The number of nitrogens with one attached hydrogen (secondary N) is 2. The summed E-state index contributed by atoms with van der Waals surface area (Å²) >= 11 is 5.86. The zero-order chi connectivity index (χ0) is 16.7. The number of carbonyl (C=O) groups is 1. The van der Waals surface area contributed by atoms with Crippen LogP contribution in [-0.2, 0) is 13.0 Å². The number of furan rings is 1. The molecule has 0 aliphatic rings. The molecule has 1 heterocycles. The lowest BCUT2D eigenvalue weighted by atomic mass is 10.1. The van der Waals surface area contributed by atoms with Gasteiger partial charge in [-0.1, -0.05) is 23.7 Å². The van der Waals surface area contributed by atoms with Crippen molar-refractivity contribution in [3.05, 3.63) is 58.5 Å². The summed E-state index contributed by atoms with van der Waals surface area (Å²) in [6.07, 6.45) is 0.852. The van der Waals surface area contributed by atoms with Crippen LogP contribution in [0.1, 0.15) is 21.9 Å². The van der Waals surface area contributed by atoms with E-state index in [0.29, 0.717) is 18.3 Å². The lowest BCUT2D eigenvalue weighted by molar-refractivity contribution is 0.0972. The van der Waals surface area contributed by atoms with Crippen molar-refractivity contribution in [1.82, 2.24) is 10.6 Å². The summed E-state index contributed by atoms with van der Waals surface area (Å²) in [6, 6.07) is 11.0. The second kappa shape index (κ2) is 8.24. The molecule has 0 saturated carbocycles. The van der Waals surface area contributed by atoms with Gasteiger partial charge >= 0.3 is 0 Å². The van der Waals surface area contributed by atoms with Gasteiger partial charge in [0.15, 0.2) is 11.7 Å². The molecule has 122 valence electrons. The third-order valence-electron chi connectivity index (χ3n) is 3.18. The maximum absolute atomic E-state index is 11.0. The number of nitrogens with zero attached hydrogens (tertiary/aromatic N) is 1. The van der Waals surface area contributed by atoms with E-state index in [9.17, 15) is 4.79 Å². The van der Waals surface area contributed by atoms with Crippen molar-refractivity contribution in [1.29, 1.82) is 0 Å². The van der Waals surface area contributed by atoms with Crippen LogP contribution in [0, 0.1) is 0 Å². The number of carbonyl (C=O) groups excluding carboxylic acids is 1. The van der Waals surface area contributed by atoms with Gasteiger partial charge in [0.2, 0.25) is 0 Å². The van der Waals surface area contributed by atoms with E-state index >= 15 is 0 Å². The number of rotatable bonds is 6. The predicted octanol–water partition coefficient (Wildman–Crippen LogP) is 1.94. The van der Waals surface area contributed by atoms with E-state index < -0.39 is 5.91 Å². The molecule has 0 spiro atoms. The highest BCUT2D eigenvalue weighted by atomic mass is 35.5. The summed E-state index contributed by atoms with van der Waals surface area (Å²) in [4.78, 5) is 15.1. The molecule has 0 bridgehead atoms. The Bertz CT molecular complexity index is 680. The van der Waals surface area contributed by atoms with Gasteiger partial charge in [0.1, 0.15) is 5.76 Å². The number of hydrogen-bond acceptors (Lipinski definition) is 3. The van der Waals surface area contributed by atoms with Gasteiger partial charge in [-0.15, -0.1) is 0 Å². The van der Waals surface area contributed by atoms with Gasteiger partial charge in [0.25, 0.3) is 5.91 Å². The van der Waals surface area contributed by atoms with Gasteiger partial charge in [0.05, 0.1) is 6.54 Å². The lowest BCUT2D eigenvalue weighted by Crippen LogP contribution is -2.37. The monoisotopic (exact) mass is 334 g/mol. The second-order valence-electron chi connectivity index (χ2n) is 4.86. The molecule has 0 saturated heterocycles. The molecule has 0 aliphatic carbocycles. The summed E-state index contributed by atoms with van der Waals surface area (Å²) in [7, 11) is 1.69. The molecule has 1 aromatic carbocycles. The average molecular weight is 335 g/mol. The Balaban J connectivity index is 1.76. The molecular formula is C16H19ClN4O2. The van der Waals surface area contributed by atoms with Gasteiger partial charge in [-0.25, -0.2) is 0 Å². The normalized spacial score (nSPS) is 11.3. The Labute approximate surface area is 139 Å². The molecule has 1 aromatic heterocycles. The van der Waals surface area contributed by atoms with Gasteiger partial charge in [-0.05, 0) is 36.2 Å². The van der Waals surface area contributed by atoms with Crippen molar-refractivity contribution in [3.8, 4) is 0 Å². The molecule has 0 fully saturated rings. The van der Waals surface area contributed by atoms with Gasteiger partial charge in [-0.2, -0.15) is 0 Å². The third kappa shape index (κ3) is 5.34. The van der Waals surface area contributed by atoms with Crippen molar-refractivity contribution in [3.63, 3.8) is 0 Å². The minimum atomic E-state index is -0.582.